The van der Waals surface area contributed by atoms with E-state index < -0.39 is 0 Å². The summed E-state index contributed by atoms with van der Waals surface area (Å²) < 4.78 is 5.00. The molecule has 0 unspecified atom stereocenters. The summed E-state index contributed by atoms with van der Waals surface area (Å²) in [6.07, 6.45) is 1.87. The summed E-state index contributed by atoms with van der Waals surface area (Å²) in [5.41, 5.74) is 0.559. The number of esters is 1. The van der Waals surface area contributed by atoms with Gasteiger partial charge in [0.1, 0.15) is 6.54 Å². The Morgan fingerprint density at radius 2 is 2.00 bits per heavy atom. The first-order valence-electron chi connectivity index (χ1n) is 5.48. The van der Waals surface area contributed by atoms with Crippen LogP contribution >= 0.6 is 23.2 Å². The van der Waals surface area contributed by atoms with Gasteiger partial charge in [0, 0.05) is 0 Å². The highest BCUT2D eigenvalue weighted by atomic mass is 35.5. The van der Waals surface area contributed by atoms with Crippen LogP contribution in [0, 0.1) is 0 Å². The molecule has 0 bridgehead atoms. The fraction of sp³-hybridized carbons (Fsp3) is 0.417. The molecule has 1 rings (SSSR count). The molecule has 0 atom stereocenters. The molecule has 94 valence electrons. The van der Waals surface area contributed by atoms with Crippen LogP contribution in [0.1, 0.15) is 19.8 Å². The fourth-order valence-corrected chi connectivity index (χ4v) is 1.74. The van der Waals surface area contributed by atoms with Crippen LogP contribution in [-0.2, 0) is 9.53 Å². The van der Waals surface area contributed by atoms with Gasteiger partial charge in [0.05, 0.1) is 22.3 Å². The molecule has 0 amide bonds. The Bertz CT molecular complexity index is 363. The van der Waals surface area contributed by atoms with Crippen LogP contribution in [0.25, 0.3) is 0 Å². The molecule has 5 heteroatoms. The molecule has 3 nitrogen and oxygen atoms in total. The van der Waals surface area contributed by atoms with E-state index in [9.17, 15) is 4.79 Å². The number of halogens is 2. The number of carbonyl (C=O) groups excluding carboxylic acids is 1. The number of anilines is 1. The van der Waals surface area contributed by atoms with Crippen molar-refractivity contribution >= 4 is 34.9 Å². The molecule has 0 saturated heterocycles. The van der Waals surface area contributed by atoms with Gasteiger partial charge < -0.3 is 10.1 Å². The smallest absolute Gasteiger partial charge is 0.325 e. The van der Waals surface area contributed by atoms with E-state index in [2.05, 4.69) is 5.32 Å². The fourth-order valence-electron chi connectivity index (χ4n) is 1.21. The Morgan fingerprint density at radius 1 is 1.35 bits per heavy atom. The van der Waals surface area contributed by atoms with Crippen molar-refractivity contribution in [3.8, 4) is 0 Å². The van der Waals surface area contributed by atoms with E-state index in [4.69, 9.17) is 27.9 Å². The predicted molar refractivity (Wildman–Crippen MR) is 70.8 cm³/mol. The summed E-state index contributed by atoms with van der Waals surface area (Å²) in [7, 11) is 0. The Balaban J connectivity index is 2.42. The molecule has 0 aliphatic rings. The molecule has 0 aliphatic carbocycles. The number of nitrogens with one attached hydrogen (secondary N) is 1. The third-order valence-electron chi connectivity index (χ3n) is 2.13. The second kappa shape index (κ2) is 7.41. The van der Waals surface area contributed by atoms with Crippen molar-refractivity contribution in [1.82, 2.24) is 0 Å². The van der Waals surface area contributed by atoms with Gasteiger partial charge in [-0.15, -0.1) is 0 Å². The molecular formula is C12H15Cl2NO2. The van der Waals surface area contributed by atoms with Gasteiger partial charge in [-0.1, -0.05) is 42.6 Å². The van der Waals surface area contributed by atoms with Crippen LogP contribution in [0.4, 0.5) is 5.69 Å². The number of para-hydroxylation sites is 1. The first-order chi connectivity index (χ1) is 8.15. The van der Waals surface area contributed by atoms with Crippen LogP contribution in [0.5, 0.6) is 0 Å². The average Bonchev–Trinajstić information content (AvgIpc) is 2.29. The van der Waals surface area contributed by atoms with E-state index in [1.54, 1.807) is 18.2 Å². The van der Waals surface area contributed by atoms with Crippen LogP contribution in [0.15, 0.2) is 18.2 Å². The van der Waals surface area contributed by atoms with Gasteiger partial charge in [0.15, 0.2) is 0 Å². The number of unbranched alkanes of at least 4 members (excludes halogenated alkanes) is 1. The quantitative estimate of drug-likeness (QED) is 0.635. The maximum absolute atomic E-state index is 11.3. The van der Waals surface area contributed by atoms with Gasteiger partial charge in [0.2, 0.25) is 0 Å². The average molecular weight is 276 g/mol. The molecule has 1 N–H and O–H groups in total. The maximum atomic E-state index is 11.3. The molecule has 0 fully saturated rings. The molecule has 17 heavy (non-hydrogen) atoms. The van der Waals surface area contributed by atoms with Crippen LogP contribution in [0.3, 0.4) is 0 Å². The number of hydrogen-bond acceptors (Lipinski definition) is 3. The SMILES string of the molecule is CCCCOC(=O)CNc1c(Cl)cccc1Cl. The van der Waals surface area contributed by atoms with Crippen molar-refractivity contribution in [3.63, 3.8) is 0 Å². The highest BCUT2D eigenvalue weighted by Crippen LogP contribution is 2.29. The predicted octanol–water partition coefficient (Wildman–Crippen LogP) is 3.75. The zero-order chi connectivity index (χ0) is 12.7. The van der Waals surface area contributed by atoms with E-state index in [0.717, 1.165) is 12.8 Å². The standard InChI is InChI=1S/C12H15Cl2NO2/c1-2-3-7-17-11(16)8-15-12-9(13)5-4-6-10(12)14/h4-6,15H,2-3,7-8H2,1H3. The molecular weight excluding hydrogens is 261 g/mol. The van der Waals surface area contributed by atoms with Gasteiger partial charge in [-0.25, -0.2) is 0 Å². The van der Waals surface area contributed by atoms with Gasteiger partial charge in [-0.05, 0) is 18.6 Å². The summed E-state index contributed by atoms with van der Waals surface area (Å²) >= 11 is 11.9. The summed E-state index contributed by atoms with van der Waals surface area (Å²) in [6.45, 7) is 2.55. The van der Waals surface area contributed by atoms with Crippen LogP contribution < -0.4 is 5.32 Å². The summed E-state index contributed by atoms with van der Waals surface area (Å²) in [5, 5.41) is 3.84. The van der Waals surface area contributed by atoms with Crippen molar-refractivity contribution in [2.45, 2.75) is 19.8 Å². The Kier molecular flexibility index (Phi) is 6.16. The van der Waals surface area contributed by atoms with E-state index in [0.29, 0.717) is 22.3 Å². The summed E-state index contributed by atoms with van der Waals surface area (Å²) in [4.78, 5) is 11.3. The zero-order valence-corrected chi connectivity index (χ0v) is 11.1. The number of rotatable bonds is 6. The normalized spacial score (nSPS) is 10.1. The van der Waals surface area contributed by atoms with E-state index in [-0.39, 0.29) is 12.5 Å². The molecule has 0 aromatic heterocycles. The van der Waals surface area contributed by atoms with E-state index in [1.165, 1.54) is 0 Å². The lowest BCUT2D eigenvalue weighted by Gasteiger charge is -2.09. The molecule has 0 saturated carbocycles. The number of ether oxygens (including phenoxy) is 1. The van der Waals surface area contributed by atoms with E-state index >= 15 is 0 Å². The molecule has 0 spiro atoms. The molecule has 0 radical (unpaired) electrons. The third-order valence-corrected chi connectivity index (χ3v) is 2.76. The van der Waals surface area contributed by atoms with Crippen LogP contribution in [0.2, 0.25) is 10.0 Å². The number of hydrogen-bond donors (Lipinski definition) is 1. The highest BCUT2D eigenvalue weighted by molar-refractivity contribution is 6.39. The summed E-state index contributed by atoms with van der Waals surface area (Å²) in [6, 6.07) is 5.16. The lowest BCUT2D eigenvalue weighted by Crippen LogP contribution is -2.17. The second-order valence-corrected chi connectivity index (χ2v) is 4.34. The molecule has 1 aromatic carbocycles. The molecule has 0 aliphatic heterocycles. The minimum absolute atomic E-state index is 0.0627. The van der Waals surface area contributed by atoms with Crippen LogP contribution in [-0.4, -0.2) is 19.1 Å². The van der Waals surface area contributed by atoms with Crippen molar-refractivity contribution in [2.75, 3.05) is 18.5 Å². The lowest BCUT2D eigenvalue weighted by molar-refractivity contribution is -0.141. The van der Waals surface area contributed by atoms with Crippen molar-refractivity contribution in [1.29, 1.82) is 0 Å². The van der Waals surface area contributed by atoms with Crippen molar-refractivity contribution < 1.29 is 9.53 Å². The minimum atomic E-state index is -0.311. The molecule has 1 aromatic rings. The van der Waals surface area contributed by atoms with Gasteiger partial charge in [-0.3, -0.25) is 4.79 Å². The highest BCUT2D eigenvalue weighted by Gasteiger charge is 2.07. The second-order valence-electron chi connectivity index (χ2n) is 3.52. The Labute approximate surface area is 111 Å². The monoisotopic (exact) mass is 275 g/mol. The maximum Gasteiger partial charge on any atom is 0.325 e. The summed E-state index contributed by atoms with van der Waals surface area (Å²) in [5.74, 6) is -0.311. The third kappa shape index (κ3) is 4.84. The number of benzene rings is 1. The van der Waals surface area contributed by atoms with Crippen molar-refractivity contribution in [2.24, 2.45) is 0 Å². The molecule has 0 heterocycles. The minimum Gasteiger partial charge on any atom is -0.464 e. The number of carbonyl (C=O) groups is 1. The zero-order valence-electron chi connectivity index (χ0n) is 9.63. The lowest BCUT2D eigenvalue weighted by atomic mass is 10.3. The van der Waals surface area contributed by atoms with Gasteiger partial charge in [-0.2, -0.15) is 0 Å². The van der Waals surface area contributed by atoms with Gasteiger partial charge >= 0.3 is 5.97 Å². The topological polar surface area (TPSA) is 38.3 Å². The first kappa shape index (κ1) is 14.1. The first-order valence-corrected chi connectivity index (χ1v) is 6.24. The van der Waals surface area contributed by atoms with E-state index in [1.807, 2.05) is 6.92 Å². The van der Waals surface area contributed by atoms with Gasteiger partial charge in [0.25, 0.3) is 0 Å². The largest absolute Gasteiger partial charge is 0.464 e. The Morgan fingerprint density at radius 3 is 2.59 bits per heavy atom. The Hall–Kier alpha value is -0.930. The van der Waals surface area contributed by atoms with Crippen molar-refractivity contribution in [3.05, 3.63) is 28.2 Å².